The van der Waals surface area contributed by atoms with E-state index in [1.807, 2.05) is 12.3 Å². The molecule has 0 saturated carbocycles. The number of hydrogen-bond acceptors (Lipinski definition) is 1. The Bertz CT molecular complexity index is 1160. The maximum Gasteiger partial charge on any atom is 0.179 e. The van der Waals surface area contributed by atoms with E-state index in [2.05, 4.69) is 127 Å². The van der Waals surface area contributed by atoms with E-state index in [1.54, 1.807) is 0 Å². The minimum Gasteiger partial charge on any atom is -0.256 e. The second-order valence-electron chi connectivity index (χ2n) is 7.64. The third-order valence-electron chi connectivity index (χ3n) is 5.88. The Kier molecular flexibility index (Phi) is 5.30. The van der Waals surface area contributed by atoms with E-state index in [-0.39, 0.29) is 0 Å². The molecule has 5 aromatic rings. The van der Waals surface area contributed by atoms with Crippen LogP contribution in [0.1, 0.15) is 0 Å². The maximum atomic E-state index is 4.73. The van der Waals surface area contributed by atoms with Gasteiger partial charge in [0.15, 0.2) is 8.07 Å². The van der Waals surface area contributed by atoms with Gasteiger partial charge in [-0.05, 0) is 32.9 Å². The predicted octanol–water partition coefficient (Wildman–Crippen LogP) is 4.13. The summed E-state index contributed by atoms with van der Waals surface area (Å²) in [7, 11) is -2.50. The minimum absolute atomic E-state index is 1.01. The molecule has 0 saturated heterocycles. The number of hydrogen-bond donors (Lipinski definition) is 0. The average Bonchev–Trinajstić information content (AvgIpc) is 2.87. The molecule has 0 radical (unpaired) electrons. The van der Waals surface area contributed by atoms with E-state index in [4.69, 9.17) is 4.98 Å². The van der Waals surface area contributed by atoms with Gasteiger partial charge >= 0.3 is 0 Å². The first-order valence-electron chi connectivity index (χ1n) is 10.6. The van der Waals surface area contributed by atoms with Crippen LogP contribution in [0.4, 0.5) is 0 Å². The molecule has 0 N–H and O–H groups in total. The van der Waals surface area contributed by atoms with Crippen molar-refractivity contribution >= 4 is 28.8 Å². The molecular formula is C29H23NSi. The Morgan fingerprint density at radius 2 is 0.839 bits per heavy atom. The fourth-order valence-electron chi connectivity index (χ4n) is 4.50. The second kappa shape index (κ2) is 8.55. The molecule has 0 unspecified atom stereocenters. The third kappa shape index (κ3) is 3.52. The van der Waals surface area contributed by atoms with E-state index in [0.717, 1.165) is 11.3 Å². The number of rotatable bonds is 5. The highest BCUT2D eigenvalue weighted by Gasteiger charge is 2.41. The second-order valence-corrected chi connectivity index (χ2v) is 11.5. The zero-order valence-corrected chi connectivity index (χ0v) is 18.2. The van der Waals surface area contributed by atoms with Gasteiger partial charge in [-0.1, -0.05) is 121 Å². The monoisotopic (exact) mass is 413 g/mol. The summed E-state index contributed by atoms with van der Waals surface area (Å²) in [6.07, 6.45) is 1.97. The Hall–Kier alpha value is -3.75. The molecule has 5 rings (SSSR count). The van der Waals surface area contributed by atoms with Crippen LogP contribution in [-0.2, 0) is 0 Å². The smallest absolute Gasteiger partial charge is 0.179 e. The summed E-state index contributed by atoms with van der Waals surface area (Å²) < 4.78 is 0. The van der Waals surface area contributed by atoms with Crippen molar-refractivity contribution in [1.29, 1.82) is 0 Å². The number of benzene rings is 4. The van der Waals surface area contributed by atoms with Crippen molar-refractivity contribution in [3.05, 3.63) is 140 Å². The molecule has 0 atom stereocenters. The first kappa shape index (κ1) is 19.2. The van der Waals surface area contributed by atoms with Crippen LogP contribution < -0.4 is 20.7 Å². The van der Waals surface area contributed by atoms with Gasteiger partial charge in [-0.15, -0.1) is 0 Å². The topological polar surface area (TPSA) is 12.9 Å². The zero-order valence-electron chi connectivity index (χ0n) is 17.2. The van der Waals surface area contributed by atoms with Crippen molar-refractivity contribution in [3.63, 3.8) is 0 Å². The lowest BCUT2D eigenvalue weighted by Gasteiger charge is -2.34. The molecule has 0 aliphatic heterocycles. The van der Waals surface area contributed by atoms with Crippen LogP contribution in [0.25, 0.3) is 11.3 Å². The Morgan fingerprint density at radius 3 is 1.29 bits per heavy atom. The van der Waals surface area contributed by atoms with Crippen molar-refractivity contribution < 1.29 is 0 Å². The third-order valence-corrected chi connectivity index (χ3v) is 10.7. The Morgan fingerprint density at radius 1 is 0.419 bits per heavy atom. The highest BCUT2D eigenvalue weighted by molar-refractivity contribution is 7.19. The van der Waals surface area contributed by atoms with Crippen LogP contribution in [0, 0.1) is 0 Å². The Labute approximate surface area is 184 Å². The molecule has 0 fully saturated rings. The van der Waals surface area contributed by atoms with Gasteiger partial charge < -0.3 is 0 Å². The van der Waals surface area contributed by atoms with Crippen molar-refractivity contribution in [2.45, 2.75) is 0 Å². The van der Waals surface area contributed by atoms with Crippen LogP contribution in [-0.4, -0.2) is 13.1 Å². The van der Waals surface area contributed by atoms with Gasteiger partial charge in [0.2, 0.25) is 0 Å². The van der Waals surface area contributed by atoms with Gasteiger partial charge in [-0.2, -0.15) is 0 Å². The van der Waals surface area contributed by atoms with Crippen molar-refractivity contribution in [1.82, 2.24) is 4.98 Å². The van der Waals surface area contributed by atoms with Crippen LogP contribution in [0.3, 0.4) is 0 Å². The molecule has 0 aliphatic rings. The van der Waals surface area contributed by atoms with Gasteiger partial charge in [-0.3, -0.25) is 4.98 Å². The first-order chi connectivity index (χ1) is 15.4. The normalized spacial score (nSPS) is 11.2. The fraction of sp³-hybridized carbons (Fsp3) is 0. The van der Waals surface area contributed by atoms with E-state index < -0.39 is 8.07 Å². The lowest BCUT2D eigenvalue weighted by molar-refractivity contribution is 1.34. The molecule has 31 heavy (non-hydrogen) atoms. The van der Waals surface area contributed by atoms with E-state index in [0.29, 0.717) is 0 Å². The predicted molar refractivity (Wildman–Crippen MR) is 133 cm³/mol. The van der Waals surface area contributed by atoms with Gasteiger partial charge in [0.1, 0.15) is 0 Å². The van der Waals surface area contributed by atoms with E-state index in [9.17, 15) is 0 Å². The van der Waals surface area contributed by atoms with Crippen molar-refractivity contribution in [2.24, 2.45) is 0 Å². The molecule has 1 aromatic heterocycles. The minimum atomic E-state index is -2.50. The number of aromatic nitrogens is 1. The summed E-state index contributed by atoms with van der Waals surface area (Å²) in [5.74, 6) is 0. The standard InChI is InChI=1S/C29H23NSi/c1-5-13-24(14-6-1)29-23-28(21-22-30-29)31(25-15-7-2-8-16-25,26-17-9-3-10-18-26)27-19-11-4-12-20-27/h1-23H. The summed E-state index contributed by atoms with van der Waals surface area (Å²) in [5, 5.41) is 5.46. The molecule has 0 bridgehead atoms. The maximum absolute atomic E-state index is 4.73. The Balaban J connectivity index is 1.85. The fourth-order valence-corrected chi connectivity index (χ4v) is 9.25. The van der Waals surface area contributed by atoms with Crippen LogP contribution in [0.2, 0.25) is 0 Å². The largest absolute Gasteiger partial charge is 0.256 e. The van der Waals surface area contributed by atoms with Gasteiger partial charge in [0.25, 0.3) is 0 Å². The quantitative estimate of drug-likeness (QED) is 0.312. The summed E-state index contributed by atoms with van der Waals surface area (Å²) >= 11 is 0. The average molecular weight is 414 g/mol. The molecule has 4 aromatic carbocycles. The van der Waals surface area contributed by atoms with Crippen LogP contribution in [0.15, 0.2) is 140 Å². The first-order valence-corrected chi connectivity index (χ1v) is 12.6. The lowest BCUT2D eigenvalue weighted by Crippen LogP contribution is -2.74. The summed E-state index contributed by atoms with van der Waals surface area (Å²) in [5.41, 5.74) is 2.15. The highest BCUT2D eigenvalue weighted by Crippen LogP contribution is 2.17. The van der Waals surface area contributed by atoms with E-state index in [1.165, 1.54) is 20.7 Å². The molecular weight excluding hydrogens is 390 g/mol. The molecule has 1 heterocycles. The summed E-state index contributed by atoms with van der Waals surface area (Å²) in [6.45, 7) is 0. The molecule has 0 amide bonds. The molecule has 1 nitrogen and oxygen atoms in total. The molecule has 2 heteroatoms. The number of nitrogens with zero attached hydrogens (tertiary/aromatic N) is 1. The number of pyridine rings is 1. The van der Waals surface area contributed by atoms with Crippen LogP contribution >= 0.6 is 0 Å². The molecule has 0 aliphatic carbocycles. The highest BCUT2D eigenvalue weighted by atomic mass is 28.3. The van der Waals surface area contributed by atoms with Crippen LogP contribution in [0.5, 0.6) is 0 Å². The van der Waals surface area contributed by atoms with Gasteiger partial charge in [0.05, 0.1) is 5.69 Å². The molecule has 0 spiro atoms. The van der Waals surface area contributed by atoms with Crippen molar-refractivity contribution in [2.75, 3.05) is 0 Å². The zero-order chi connectivity index (χ0) is 20.9. The summed E-state index contributed by atoms with van der Waals surface area (Å²) in [4.78, 5) is 4.73. The van der Waals surface area contributed by atoms with Crippen molar-refractivity contribution in [3.8, 4) is 11.3 Å². The SMILES string of the molecule is c1ccc(-c2cc([Si](c3ccccc3)(c3ccccc3)c3ccccc3)ccn2)cc1. The lowest BCUT2D eigenvalue weighted by atomic mass is 10.1. The van der Waals surface area contributed by atoms with Gasteiger partial charge in [0, 0.05) is 11.8 Å². The van der Waals surface area contributed by atoms with E-state index >= 15 is 0 Å². The molecule has 148 valence electrons. The van der Waals surface area contributed by atoms with Gasteiger partial charge in [-0.25, -0.2) is 0 Å². The summed E-state index contributed by atoms with van der Waals surface area (Å²) in [6, 6.07) is 47.9.